The van der Waals surface area contributed by atoms with E-state index < -0.39 is 17.2 Å². The lowest BCUT2D eigenvalue weighted by atomic mass is 10.1. The average molecular weight is 459 g/mol. The van der Waals surface area contributed by atoms with E-state index >= 15 is 0 Å². The highest BCUT2D eigenvalue weighted by Gasteiger charge is 2.27. The van der Waals surface area contributed by atoms with Crippen molar-refractivity contribution in [2.24, 2.45) is 0 Å². The van der Waals surface area contributed by atoms with Gasteiger partial charge in [-0.3, -0.25) is 14.9 Å². The van der Waals surface area contributed by atoms with Gasteiger partial charge in [0.1, 0.15) is 5.25 Å². The van der Waals surface area contributed by atoms with Crippen molar-refractivity contribution in [2.75, 3.05) is 13.1 Å². The van der Waals surface area contributed by atoms with Gasteiger partial charge in [0.15, 0.2) is 11.0 Å². The molecule has 3 rings (SSSR count). The molecule has 1 atom stereocenters. The third-order valence-electron chi connectivity index (χ3n) is 5.25. The van der Waals surface area contributed by atoms with Crippen molar-refractivity contribution in [1.29, 1.82) is 0 Å². The number of nitrogens with one attached hydrogen (secondary N) is 2. The van der Waals surface area contributed by atoms with E-state index in [1.54, 1.807) is 6.92 Å². The first-order chi connectivity index (χ1) is 15.5. The van der Waals surface area contributed by atoms with Crippen LogP contribution in [0.2, 0.25) is 0 Å². The molecule has 0 saturated carbocycles. The van der Waals surface area contributed by atoms with Gasteiger partial charge in [-0.15, -0.1) is 10.2 Å². The molecule has 1 aromatic heterocycles. The lowest BCUT2D eigenvalue weighted by Gasteiger charge is -2.20. The maximum absolute atomic E-state index is 12.9. The second-order valence-corrected chi connectivity index (χ2v) is 8.60. The number of rotatable bonds is 8. The van der Waals surface area contributed by atoms with E-state index in [0.717, 1.165) is 31.4 Å². The molecule has 1 aliphatic heterocycles. The third kappa shape index (κ3) is 6.09. The Labute approximate surface area is 192 Å². The Balaban J connectivity index is 1.82. The molecule has 0 aliphatic carbocycles. The number of imide groups is 1. The highest BCUT2D eigenvalue weighted by molar-refractivity contribution is 8.00. The molecule has 172 valence electrons. The molecule has 0 spiro atoms. The van der Waals surface area contributed by atoms with E-state index in [1.807, 2.05) is 46.7 Å². The summed E-state index contributed by atoms with van der Waals surface area (Å²) >= 11 is 1.24. The number of nitrogens with zero attached hydrogens (tertiary/aromatic N) is 4. The summed E-state index contributed by atoms with van der Waals surface area (Å²) in [5.41, 5.74) is 0.759. The normalized spacial score (nSPS) is 15.2. The fourth-order valence-corrected chi connectivity index (χ4v) is 4.73. The molecule has 32 heavy (non-hydrogen) atoms. The Morgan fingerprint density at radius 2 is 1.91 bits per heavy atom. The summed E-state index contributed by atoms with van der Waals surface area (Å²) in [6.07, 6.45) is 3.54. The Hall–Kier alpha value is -2.88. The largest absolute Gasteiger partial charge is 0.338 e. The number of likely N-dealkylation sites (tertiary alicyclic amines) is 1. The van der Waals surface area contributed by atoms with E-state index in [4.69, 9.17) is 0 Å². The molecule has 0 bridgehead atoms. The highest BCUT2D eigenvalue weighted by atomic mass is 32.2. The monoisotopic (exact) mass is 458 g/mol. The lowest BCUT2D eigenvalue weighted by molar-refractivity contribution is -0.131. The number of hydrogen-bond acceptors (Lipinski definition) is 6. The number of amides is 4. The van der Waals surface area contributed by atoms with Crippen molar-refractivity contribution < 1.29 is 14.4 Å². The van der Waals surface area contributed by atoms with Crippen molar-refractivity contribution in [2.45, 2.75) is 63.0 Å². The summed E-state index contributed by atoms with van der Waals surface area (Å²) < 4.78 is 1.93. The van der Waals surface area contributed by atoms with Crippen LogP contribution in [0.3, 0.4) is 0 Å². The van der Waals surface area contributed by atoms with Crippen molar-refractivity contribution in [3.63, 3.8) is 0 Å². The Kier molecular flexibility index (Phi) is 8.66. The number of carbonyl (C=O) groups is 3. The topological polar surface area (TPSA) is 109 Å². The molecular weight excluding hydrogens is 428 g/mol. The minimum absolute atomic E-state index is 0.144. The summed E-state index contributed by atoms with van der Waals surface area (Å²) in [5.74, 6) is 0.411. The van der Waals surface area contributed by atoms with Gasteiger partial charge in [-0.25, -0.2) is 4.79 Å². The predicted octanol–water partition coefficient (Wildman–Crippen LogP) is 2.88. The third-order valence-corrected chi connectivity index (χ3v) is 6.49. The van der Waals surface area contributed by atoms with Gasteiger partial charge in [-0.1, -0.05) is 48.5 Å². The molecule has 4 amide bonds. The van der Waals surface area contributed by atoms with Crippen LogP contribution in [0.25, 0.3) is 0 Å². The molecule has 1 fully saturated rings. The number of urea groups is 1. The summed E-state index contributed by atoms with van der Waals surface area (Å²) in [7, 11) is 0. The zero-order valence-electron chi connectivity index (χ0n) is 18.5. The van der Waals surface area contributed by atoms with Gasteiger partial charge >= 0.3 is 6.03 Å². The van der Waals surface area contributed by atoms with Crippen LogP contribution in [-0.2, 0) is 22.7 Å². The number of hydrogen-bond donors (Lipinski definition) is 2. The molecule has 1 saturated heterocycles. The van der Waals surface area contributed by atoms with Gasteiger partial charge in [-0.05, 0) is 32.3 Å². The molecule has 1 aromatic carbocycles. The second kappa shape index (κ2) is 11.7. The molecule has 1 aliphatic rings. The first-order valence-corrected chi connectivity index (χ1v) is 11.9. The van der Waals surface area contributed by atoms with Crippen LogP contribution in [0.15, 0.2) is 35.5 Å². The summed E-state index contributed by atoms with van der Waals surface area (Å²) in [5, 5.41) is 13.5. The highest BCUT2D eigenvalue weighted by Crippen LogP contribution is 2.35. The van der Waals surface area contributed by atoms with Crippen LogP contribution >= 0.6 is 11.8 Å². The number of aromatic nitrogens is 3. The minimum atomic E-state index is -0.680. The van der Waals surface area contributed by atoms with Gasteiger partial charge in [-0.2, -0.15) is 0 Å². The van der Waals surface area contributed by atoms with E-state index in [9.17, 15) is 14.4 Å². The smallest absolute Gasteiger partial charge is 0.321 e. The van der Waals surface area contributed by atoms with Gasteiger partial charge in [0.05, 0.1) is 6.54 Å². The van der Waals surface area contributed by atoms with Crippen molar-refractivity contribution >= 4 is 29.6 Å². The molecule has 10 heteroatoms. The van der Waals surface area contributed by atoms with Crippen LogP contribution in [0.5, 0.6) is 0 Å². The maximum Gasteiger partial charge on any atom is 0.321 e. The fourth-order valence-electron chi connectivity index (χ4n) is 3.61. The number of thioether (sulfide) groups is 1. The summed E-state index contributed by atoms with van der Waals surface area (Å²) in [6.45, 7) is 5.92. The SMILES string of the molecule is CCNC(=O)NC(=O)C(Sc1nnc(CN2CCCCCC2=O)n1CC)c1ccccc1. The lowest BCUT2D eigenvalue weighted by Crippen LogP contribution is -2.41. The van der Waals surface area contributed by atoms with E-state index in [-0.39, 0.29) is 5.91 Å². The summed E-state index contributed by atoms with van der Waals surface area (Å²) in [6, 6.07) is 8.73. The van der Waals surface area contributed by atoms with Gasteiger partial charge in [0.2, 0.25) is 11.8 Å². The number of benzene rings is 1. The van der Waals surface area contributed by atoms with Crippen molar-refractivity contribution in [3.8, 4) is 0 Å². The molecule has 2 heterocycles. The molecule has 1 unspecified atom stereocenters. The van der Waals surface area contributed by atoms with Crippen LogP contribution in [0.1, 0.15) is 56.2 Å². The van der Waals surface area contributed by atoms with Crippen molar-refractivity contribution in [3.05, 3.63) is 41.7 Å². The molecule has 9 nitrogen and oxygen atoms in total. The molecule has 2 aromatic rings. The minimum Gasteiger partial charge on any atom is -0.338 e. The average Bonchev–Trinajstić information content (AvgIpc) is 3.05. The molecule has 0 radical (unpaired) electrons. The molecular formula is C22H30N6O3S. The first-order valence-electron chi connectivity index (χ1n) is 11.0. The standard InChI is InChI=1S/C22H30N6O3S/c1-3-23-21(31)24-20(30)19(16-11-7-5-8-12-16)32-22-26-25-17(28(22)4-2)15-27-14-10-6-9-13-18(27)29/h5,7-8,11-12,19H,3-4,6,9-10,13-15H2,1-2H3,(H2,23,24,30,31). The van der Waals surface area contributed by atoms with E-state index in [2.05, 4.69) is 20.8 Å². The summed E-state index contributed by atoms with van der Waals surface area (Å²) in [4.78, 5) is 39.1. The zero-order valence-corrected chi connectivity index (χ0v) is 19.4. The van der Waals surface area contributed by atoms with Crippen LogP contribution in [0.4, 0.5) is 4.79 Å². The number of carbonyl (C=O) groups excluding carboxylic acids is 3. The zero-order chi connectivity index (χ0) is 22.9. The van der Waals surface area contributed by atoms with Gasteiger partial charge < -0.3 is 14.8 Å². The van der Waals surface area contributed by atoms with E-state index in [1.165, 1.54) is 11.8 Å². The first kappa shape index (κ1) is 23.8. The second-order valence-electron chi connectivity index (χ2n) is 7.53. The molecule has 2 N–H and O–H groups in total. The Morgan fingerprint density at radius 3 is 2.62 bits per heavy atom. The van der Waals surface area contributed by atoms with E-state index in [0.29, 0.717) is 37.0 Å². The van der Waals surface area contributed by atoms with Crippen LogP contribution in [-0.4, -0.2) is 50.6 Å². The van der Waals surface area contributed by atoms with Crippen LogP contribution < -0.4 is 10.6 Å². The Morgan fingerprint density at radius 1 is 1.12 bits per heavy atom. The maximum atomic E-state index is 12.9. The predicted molar refractivity (Wildman–Crippen MR) is 122 cm³/mol. The fraction of sp³-hybridized carbons (Fsp3) is 0.500. The van der Waals surface area contributed by atoms with Gasteiger partial charge in [0.25, 0.3) is 0 Å². The quantitative estimate of drug-likeness (QED) is 0.589. The van der Waals surface area contributed by atoms with Gasteiger partial charge in [0, 0.05) is 26.1 Å². The van der Waals surface area contributed by atoms with Crippen LogP contribution in [0, 0.1) is 0 Å². The van der Waals surface area contributed by atoms with Crippen molar-refractivity contribution in [1.82, 2.24) is 30.3 Å². The Bertz CT molecular complexity index is 933.